The molecule has 2 heterocycles. The molecule has 0 bridgehead atoms. The second-order valence-electron chi connectivity index (χ2n) is 10.0. The molecule has 0 fully saturated rings. The van der Waals surface area contributed by atoms with Gasteiger partial charge in [-0.15, -0.1) is 0 Å². The van der Waals surface area contributed by atoms with Crippen LogP contribution in [0.15, 0.2) is 119 Å². The molecule has 2 aliphatic carbocycles. The summed E-state index contributed by atoms with van der Waals surface area (Å²) in [6, 6.07) is 23.3. The Morgan fingerprint density at radius 2 is 0.907 bits per heavy atom. The van der Waals surface area contributed by atoms with E-state index in [0.717, 1.165) is 45.3 Å². The van der Waals surface area contributed by atoms with Crippen molar-refractivity contribution in [2.75, 3.05) is 38.0 Å². The van der Waals surface area contributed by atoms with Crippen molar-refractivity contribution in [3.63, 3.8) is 0 Å². The van der Waals surface area contributed by atoms with Crippen LogP contribution >= 0.6 is 0 Å². The van der Waals surface area contributed by atoms with Crippen LogP contribution < -0.4 is 9.80 Å². The first-order valence-corrected chi connectivity index (χ1v) is 13.4. The predicted octanol–water partition coefficient (Wildman–Crippen LogP) is 6.04. The van der Waals surface area contributed by atoms with E-state index in [-0.39, 0.29) is 32.6 Å². The molecule has 2 aromatic carbocycles. The van der Waals surface area contributed by atoms with Crippen molar-refractivity contribution in [1.29, 1.82) is 0 Å². The Morgan fingerprint density at radius 3 is 1.26 bits per heavy atom. The maximum absolute atomic E-state index is 11.8. The minimum Gasteiger partial charge on any atom is -0.378 e. The van der Waals surface area contributed by atoms with Crippen LogP contribution in [-0.2, 0) is 21.1 Å². The van der Waals surface area contributed by atoms with E-state index >= 15 is 0 Å². The van der Waals surface area contributed by atoms with Crippen molar-refractivity contribution in [3.05, 3.63) is 132 Å². The number of rotatable bonds is 4. The number of aromatic nitrogens is 2. The summed E-state index contributed by atoms with van der Waals surface area (Å²) >= 11 is 0. The Bertz CT molecular complexity index is 1620. The molecule has 0 spiro atoms. The van der Waals surface area contributed by atoms with E-state index in [1.165, 1.54) is 12.2 Å². The third-order valence-corrected chi connectivity index (χ3v) is 6.65. The van der Waals surface area contributed by atoms with Crippen LogP contribution in [0.4, 0.5) is 22.7 Å². The van der Waals surface area contributed by atoms with Gasteiger partial charge in [0.2, 0.25) is 11.6 Å². The predicted molar refractivity (Wildman–Crippen MR) is 169 cm³/mol. The van der Waals surface area contributed by atoms with E-state index in [4.69, 9.17) is 0 Å². The van der Waals surface area contributed by atoms with Crippen LogP contribution in [0.1, 0.15) is 32.1 Å². The molecule has 0 unspecified atom stereocenters. The molecule has 0 atom stereocenters. The van der Waals surface area contributed by atoms with Gasteiger partial charge in [-0.2, -0.15) is 0 Å². The van der Waals surface area contributed by atoms with Crippen LogP contribution in [0.5, 0.6) is 0 Å². The molecule has 9 heteroatoms. The zero-order valence-corrected chi connectivity index (χ0v) is 26.5. The van der Waals surface area contributed by atoms with Crippen molar-refractivity contribution >= 4 is 45.7 Å². The van der Waals surface area contributed by atoms with E-state index < -0.39 is 0 Å². The zero-order valence-electron chi connectivity index (χ0n) is 24.2. The number of benzene rings is 2. The molecule has 218 valence electrons. The SMILES string of the molecule is CN(C)c1ccc(/N=C2\C=CC(=O)c3ncccc32)cc1.CN(C)c1ccc(/N=C2\C=CC(=O)c3ncccc32)cc1.[Pt]. The normalized spacial score (nSPS) is 14.8. The van der Waals surface area contributed by atoms with Gasteiger partial charge in [-0.1, -0.05) is 0 Å². The number of carbonyl (C=O) groups excluding carboxylic acids is 2. The van der Waals surface area contributed by atoms with Gasteiger partial charge >= 0.3 is 0 Å². The summed E-state index contributed by atoms with van der Waals surface area (Å²) < 4.78 is 0. The zero-order chi connectivity index (χ0) is 29.6. The monoisotopic (exact) mass is 749 g/mol. The minimum absolute atomic E-state index is 0. The molecule has 0 aliphatic heterocycles. The van der Waals surface area contributed by atoms with E-state index in [0.29, 0.717) is 11.4 Å². The number of ketones is 2. The van der Waals surface area contributed by atoms with Gasteiger partial charge in [0.05, 0.1) is 22.8 Å². The fourth-order valence-corrected chi connectivity index (χ4v) is 4.39. The first-order chi connectivity index (χ1) is 20.3. The Kier molecular flexibility index (Phi) is 10.1. The third-order valence-electron chi connectivity index (χ3n) is 6.65. The van der Waals surface area contributed by atoms with Gasteiger partial charge < -0.3 is 9.80 Å². The van der Waals surface area contributed by atoms with Crippen LogP contribution in [0.3, 0.4) is 0 Å². The number of hydrogen-bond donors (Lipinski definition) is 0. The number of nitrogens with zero attached hydrogens (tertiary/aromatic N) is 6. The van der Waals surface area contributed by atoms with E-state index in [1.54, 1.807) is 24.5 Å². The second kappa shape index (κ2) is 13.9. The Labute approximate surface area is 265 Å². The first-order valence-electron chi connectivity index (χ1n) is 13.4. The number of pyridine rings is 2. The third kappa shape index (κ3) is 7.34. The van der Waals surface area contributed by atoms with Gasteiger partial charge in [0.25, 0.3) is 0 Å². The maximum atomic E-state index is 11.8. The topological polar surface area (TPSA) is 91.1 Å². The molecule has 8 nitrogen and oxygen atoms in total. The second-order valence-corrected chi connectivity index (χ2v) is 10.0. The summed E-state index contributed by atoms with van der Waals surface area (Å²) in [5.41, 5.74) is 7.95. The maximum Gasteiger partial charge on any atom is 0.204 e. The summed E-state index contributed by atoms with van der Waals surface area (Å²) in [4.78, 5) is 45.2. The Hall–Kier alpha value is -4.81. The average molecular weight is 750 g/mol. The Balaban J connectivity index is 0.000000192. The summed E-state index contributed by atoms with van der Waals surface area (Å²) in [6.07, 6.45) is 9.77. The van der Waals surface area contributed by atoms with Crippen molar-refractivity contribution in [1.82, 2.24) is 9.97 Å². The van der Waals surface area contributed by atoms with Gasteiger partial charge in [0, 0.05) is 84.2 Å². The number of aliphatic imine (C=N–C) groups is 2. The summed E-state index contributed by atoms with van der Waals surface area (Å²) in [5, 5.41) is 0. The van der Waals surface area contributed by atoms with Gasteiger partial charge in [0.15, 0.2) is 0 Å². The molecule has 2 aliphatic rings. The molecular weight excluding hydrogens is 719 g/mol. The molecule has 0 saturated heterocycles. The molecule has 2 aromatic heterocycles. The van der Waals surface area contributed by atoms with Crippen molar-refractivity contribution in [3.8, 4) is 0 Å². The molecule has 43 heavy (non-hydrogen) atoms. The summed E-state index contributed by atoms with van der Waals surface area (Å²) in [7, 11) is 7.99. The minimum atomic E-state index is -0.0764. The van der Waals surface area contributed by atoms with E-state index in [2.05, 4.69) is 20.0 Å². The first kappa shape index (κ1) is 31.1. The van der Waals surface area contributed by atoms with Gasteiger partial charge in [0.1, 0.15) is 11.4 Å². The van der Waals surface area contributed by atoms with Gasteiger partial charge in [-0.25, -0.2) is 9.98 Å². The smallest absolute Gasteiger partial charge is 0.204 e. The average Bonchev–Trinajstić information content (AvgIpc) is 3.01. The van der Waals surface area contributed by atoms with Gasteiger partial charge in [-0.05, 0) is 97.1 Å². The standard InChI is InChI=1S/2C17H15N3O.Pt/c2*1-20(2)13-7-5-12(6-8-13)19-15-9-10-16(21)17-14(15)4-3-11-18-17;/h2*3-11H,1-2H3;/b2*19-15+;. The summed E-state index contributed by atoms with van der Waals surface area (Å²) in [6.45, 7) is 0. The van der Waals surface area contributed by atoms with Crippen LogP contribution in [0, 0.1) is 0 Å². The number of fused-ring (bicyclic) bond motifs is 2. The van der Waals surface area contributed by atoms with Crippen molar-refractivity contribution < 1.29 is 30.7 Å². The van der Waals surface area contributed by atoms with E-state index in [1.807, 2.05) is 111 Å². The van der Waals surface area contributed by atoms with Crippen molar-refractivity contribution in [2.24, 2.45) is 9.98 Å². The number of hydrogen-bond acceptors (Lipinski definition) is 8. The fraction of sp³-hybridized carbons (Fsp3) is 0.118. The molecule has 0 N–H and O–H groups in total. The molecule has 0 amide bonds. The van der Waals surface area contributed by atoms with Crippen LogP contribution in [-0.4, -0.2) is 61.1 Å². The molecule has 6 rings (SSSR count). The summed E-state index contributed by atoms with van der Waals surface area (Å²) in [5.74, 6) is -0.153. The number of allylic oxidation sites excluding steroid dienone is 4. The quantitative estimate of drug-likeness (QED) is 0.253. The van der Waals surface area contributed by atoms with Gasteiger partial charge in [-0.3, -0.25) is 19.6 Å². The largest absolute Gasteiger partial charge is 0.378 e. The molecule has 0 saturated carbocycles. The Morgan fingerprint density at radius 1 is 0.535 bits per heavy atom. The molecule has 4 aromatic rings. The molecule has 0 radical (unpaired) electrons. The van der Waals surface area contributed by atoms with Crippen LogP contribution in [0.25, 0.3) is 0 Å². The number of carbonyl (C=O) groups is 2. The molecular formula is C34H30N6O2Pt. The van der Waals surface area contributed by atoms with E-state index in [9.17, 15) is 9.59 Å². The van der Waals surface area contributed by atoms with Crippen LogP contribution in [0.2, 0.25) is 0 Å². The number of anilines is 2. The van der Waals surface area contributed by atoms with Crippen molar-refractivity contribution in [2.45, 2.75) is 0 Å². The fourth-order valence-electron chi connectivity index (χ4n) is 4.39.